The van der Waals surface area contributed by atoms with Crippen molar-refractivity contribution >= 4 is 12.2 Å². The van der Waals surface area contributed by atoms with Crippen LogP contribution in [0.2, 0.25) is 0 Å². The average Bonchev–Trinajstić information content (AvgIpc) is 2.70. The van der Waals surface area contributed by atoms with Crippen molar-refractivity contribution in [1.82, 2.24) is 15.1 Å². The second kappa shape index (κ2) is 6.11. The first kappa shape index (κ1) is 16.3. The quantitative estimate of drug-likeness (QED) is 0.924. The summed E-state index contributed by atoms with van der Waals surface area (Å²) in [6.07, 6.45) is 7.16. The molecule has 1 rings (SSSR count). The third kappa shape index (κ3) is 5.91. The van der Waals surface area contributed by atoms with Crippen LogP contribution in [-0.4, -0.2) is 28.0 Å². The van der Waals surface area contributed by atoms with Crippen LogP contribution in [0.1, 0.15) is 47.1 Å². The van der Waals surface area contributed by atoms with Crippen molar-refractivity contribution in [1.29, 1.82) is 0 Å². The van der Waals surface area contributed by atoms with Gasteiger partial charge in [0.25, 0.3) is 0 Å². The number of carbonyl (C=O) groups is 1. The number of nitrogens with zero attached hydrogens (tertiary/aromatic N) is 2. The highest BCUT2D eigenvalue weighted by Crippen LogP contribution is 2.13. The maximum absolute atomic E-state index is 11.4. The van der Waals surface area contributed by atoms with E-state index < -0.39 is 11.7 Å². The van der Waals surface area contributed by atoms with Gasteiger partial charge >= 0.3 is 6.09 Å². The fraction of sp³-hybridized carbons (Fsp3) is 0.600. The summed E-state index contributed by atoms with van der Waals surface area (Å²) in [4.78, 5) is 11.4. The zero-order valence-electron chi connectivity index (χ0n) is 13.2. The largest absolute Gasteiger partial charge is 0.444 e. The van der Waals surface area contributed by atoms with E-state index in [9.17, 15) is 4.79 Å². The highest BCUT2D eigenvalue weighted by Gasteiger charge is 2.15. The summed E-state index contributed by atoms with van der Waals surface area (Å²) in [6, 6.07) is 0. The molecule has 5 heteroatoms. The SMILES string of the molecule is CC(C)(C)OC(=O)NCC=Cc1cnn(C(C)(C)C)c1. The molecular weight excluding hydrogens is 254 g/mol. The van der Waals surface area contributed by atoms with Crippen molar-refractivity contribution in [2.75, 3.05) is 6.54 Å². The molecule has 1 aromatic rings. The number of rotatable bonds is 3. The lowest BCUT2D eigenvalue weighted by Gasteiger charge is -2.19. The van der Waals surface area contributed by atoms with Crippen molar-refractivity contribution in [2.45, 2.75) is 52.7 Å². The van der Waals surface area contributed by atoms with Crippen molar-refractivity contribution < 1.29 is 9.53 Å². The lowest BCUT2D eigenvalue weighted by atomic mass is 10.1. The monoisotopic (exact) mass is 279 g/mol. The van der Waals surface area contributed by atoms with Crippen LogP contribution < -0.4 is 5.32 Å². The minimum Gasteiger partial charge on any atom is -0.444 e. The highest BCUT2D eigenvalue weighted by molar-refractivity contribution is 5.68. The van der Waals surface area contributed by atoms with Crippen molar-refractivity contribution in [3.63, 3.8) is 0 Å². The molecule has 0 aliphatic heterocycles. The first-order chi connectivity index (χ1) is 9.08. The van der Waals surface area contributed by atoms with Crippen LogP contribution in [0.25, 0.3) is 6.08 Å². The molecule has 20 heavy (non-hydrogen) atoms. The minimum absolute atomic E-state index is 0.0269. The molecule has 0 fully saturated rings. The van der Waals surface area contributed by atoms with E-state index >= 15 is 0 Å². The Morgan fingerprint density at radius 3 is 2.50 bits per heavy atom. The summed E-state index contributed by atoms with van der Waals surface area (Å²) in [5, 5.41) is 6.97. The summed E-state index contributed by atoms with van der Waals surface area (Å²) in [7, 11) is 0. The van der Waals surface area contributed by atoms with E-state index in [1.165, 1.54) is 0 Å². The van der Waals surface area contributed by atoms with Gasteiger partial charge in [0.05, 0.1) is 11.7 Å². The van der Waals surface area contributed by atoms with Crippen LogP contribution >= 0.6 is 0 Å². The van der Waals surface area contributed by atoms with Crippen molar-refractivity contribution in [3.05, 3.63) is 24.0 Å². The predicted octanol–water partition coefficient (Wildman–Crippen LogP) is 3.18. The predicted molar refractivity (Wildman–Crippen MR) is 80.5 cm³/mol. The van der Waals surface area contributed by atoms with Crippen LogP contribution in [0.4, 0.5) is 4.79 Å². The Bertz CT molecular complexity index is 476. The van der Waals surface area contributed by atoms with E-state index in [4.69, 9.17) is 4.74 Å². The Kier molecular flexibility index (Phi) is 4.98. The van der Waals surface area contributed by atoms with E-state index in [1.807, 2.05) is 43.8 Å². The molecule has 0 bridgehead atoms. The van der Waals surface area contributed by atoms with Gasteiger partial charge in [-0.3, -0.25) is 4.68 Å². The van der Waals surface area contributed by atoms with E-state index in [-0.39, 0.29) is 5.54 Å². The van der Waals surface area contributed by atoms with Gasteiger partial charge in [0.1, 0.15) is 5.60 Å². The van der Waals surface area contributed by atoms with Gasteiger partial charge in [-0.15, -0.1) is 0 Å². The molecule has 0 saturated carbocycles. The molecule has 1 aromatic heterocycles. The summed E-state index contributed by atoms with van der Waals surface area (Å²) >= 11 is 0. The molecule has 0 unspecified atom stereocenters. The molecule has 0 aliphatic carbocycles. The molecule has 0 radical (unpaired) electrons. The Labute approximate surface area is 121 Å². The molecule has 1 amide bonds. The fourth-order valence-corrected chi connectivity index (χ4v) is 1.44. The molecule has 1 heterocycles. The zero-order chi connectivity index (χ0) is 15.4. The number of hydrogen-bond donors (Lipinski definition) is 1. The average molecular weight is 279 g/mol. The number of aromatic nitrogens is 2. The van der Waals surface area contributed by atoms with Crippen LogP contribution in [0.3, 0.4) is 0 Å². The highest BCUT2D eigenvalue weighted by atomic mass is 16.6. The van der Waals surface area contributed by atoms with Gasteiger partial charge in [-0.25, -0.2) is 4.79 Å². The summed E-state index contributed by atoms with van der Waals surface area (Å²) in [5.74, 6) is 0. The topological polar surface area (TPSA) is 56.1 Å². The number of carbonyl (C=O) groups excluding carboxylic acids is 1. The second-order valence-electron chi connectivity index (χ2n) is 6.67. The number of nitrogens with one attached hydrogen (secondary N) is 1. The Hall–Kier alpha value is -1.78. The third-order valence-electron chi connectivity index (χ3n) is 2.36. The molecule has 0 aliphatic rings. The zero-order valence-corrected chi connectivity index (χ0v) is 13.2. The van der Waals surface area contributed by atoms with E-state index in [0.717, 1.165) is 5.56 Å². The summed E-state index contributed by atoms with van der Waals surface area (Å²) in [5.41, 5.74) is 0.508. The first-order valence-electron chi connectivity index (χ1n) is 6.76. The van der Waals surface area contributed by atoms with Gasteiger partial charge in [0.2, 0.25) is 0 Å². The Morgan fingerprint density at radius 1 is 1.35 bits per heavy atom. The molecule has 0 saturated heterocycles. The van der Waals surface area contributed by atoms with Gasteiger partial charge in [0, 0.05) is 18.3 Å². The lowest BCUT2D eigenvalue weighted by Crippen LogP contribution is -2.32. The third-order valence-corrected chi connectivity index (χ3v) is 2.36. The van der Waals surface area contributed by atoms with Gasteiger partial charge in [-0.2, -0.15) is 5.10 Å². The summed E-state index contributed by atoms with van der Waals surface area (Å²) in [6.45, 7) is 12.2. The number of hydrogen-bond acceptors (Lipinski definition) is 3. The molecular formula is C15H25N3O2. The fourth-order valence-electron chi connectivity index (χ4n) is 1.44. The smallest absolute Gasteiger partial charge is 0.407 e. The summed E-state index contributed by atoms with van der Waals surface area (Å²) < 4.78 is 7.05. The number of alkyl carbamates (subject to hydrolysis) is 1. The normalized spacial score (nSPS) is 12.7. The number of amides is 1. The molecule has 1 N–H and O–H groups in total. The van der Waals surface area contributed by atoms with E-state index in [1.54, 1.807) is 6.20 Å². The molecule has 112 valence electrons. The molecule has 0 atom stereocenters. The van der Waals surface area contributed by atoms with Crippen LogP contribution in [-0.2, 0) is 10.3 Å². The van der Waals surface area contributed by atoms with Gasteiger partial charge in [0.15, 0.2) is 0 Å². The number of ether oxygens (including phenoxy) is 1. The van der Waals surface area contributed by atoms with E-state index in [0.29, 0.717) is 6.54 Å². The minimum atomic E-state index is -0.471. The standard InChI is InChI=1S/C15H25N3O2/c1-14(2,3)18-11-12(10-17-18)8-7-9-16-13(19)20-15(4,5)6/h7-8,10-11H,9H2,1-6H3,(H,16,19). The van der Waals surface area contributed by atoms with E-state index in [2.05, 4.69) is 31.2 Å². The van der Waals surface area contributed by atoms with Gasteiger partial charge in [-0.1, -0.05) is 12.2 Å². The van der Waals surface area contributed by atoms with Gasteiger partial charge in [-0.05, 0) is 41.5 Å². The van der Waals surface area contributed by atoms with Crippen LogP contribution in [0, 0.1) is 0 Å². The van der Waals surface area contributed by atoms with Crippen molar-refractivity contribution in [3.8, 4) is 0 Å². The second-order valence-corrected chi connectivity index (χ2v) is 6.67. The Balaban J connectivity index is 2.42. The van der Waals surface area contributed by atoms with Crippen LogP contribution in [0.15, 0.2) is 18.5 Å². The molecule has 0 aromatic carbocycles. The van der Waals surface area contributed by atoms with Crippen molar-refractivity contribution in [2.24, 2.45) is 0 Å². The maximum atomic E-state index is 11.4. The molecule has 0 spiro atoms. The maximum Gasteiger partial charge on any atom is 0.407 e. The van der Waals surface area contributed by atoms with Crippen LogP contribution in [0.5, 0.6) is 0 Å². The van der Waals surface area contributed by atoms with Gasteiger partial charge < -0.3 is 10.1 Å². The Morgan fingerprint density at radius 2 is 2.00 bits per heavy atom. The first-order valence-corrected chi connectivity index (χ1v) is 6.76. The molecule has 5 nitrogen and oxygen atoms in total. The lowest BCUT2D eigenvalue weighted by molar-refractivity contribution is 0.0534.